The Morgan fingerprint density at radius 3 is 2.47 bits per heavy atom. The summed E-state index contributed by atoms with van der Waals surface area (Å²) in [4.78, 5) is 11.3. The van der Waals surface area contributed by atoms with E-state index in [2.05, 4.69) is 6.92 Å². The van der Waals surface area contributed by atoms with E-state index >= 15 is 0 Å². The minimum atomic E-state index is -0.210. The van der Waals surface area contributed by atoms with E-state index in [1.807, 2.05) is 20.8 Å². The Morgan fingerprint density at radius 1 is 1.27 bits per heavy atom. The van der Waals surface area contributed by atoms with Crippen LogP contribution >= 0.6 is 0 Å². The highest BCUT2D eigenvalue weighted by molar-refractivity contribution is 5.82. The van der Waals surface area contributed by atoms with Crippen molar-refractivity contribution < 1.29 is 9.53 Å². The number of unbranched alkanes of at least 4 members (excludes halogenated alkanes) is 3. The monoisotopic (exact) mass is 212 g/mol. The Kier molecular flexibility index (Phi) is 8.06. The maximum Gasteiger partial charge on any atom is 0.330 e. The lowest BCUT2D eigenvalue weighted by atomic mass is 10.1. The summed E-state index contributed by atoms with van der Waals surface area (Å²) in [6.45, 7) is 7.92. The number of allylic oxidation sites excluding steroid dienone is 1. The first kappa shape index (κ1) is 14.2. The third-order valence-corrected chi connectivity index (χ3v) is 2.14. The highest BCUT2D eigenvalue weighted by Crippen LogP contribution is 2.09. The average Bonchev–Trinajstić information content (AvgIpc) is 2.10. The molecule has 0 radical (unpaired) electrons. The minimum absolute atomic E-state index is 0.0263. The third-order valence-electron chi connectivity index (χ3n) is 2.14. The fourth-order valence-corrected chi connectivity index (χ4v) is 1.37. The Bertz CT molecular complexity index is 205. The van der Waals surface area contributed by atoms with Gasteiger partial charge in [-0.2, -0.15) is 0 Å². The number of rotatable bonds is 7. The van der Waals surface area contributed by atoms with Gasteiger partial charge in [0.05, 0.1) is 6.10 Å². The lowest BCUT2D eigenvalue weighted by Gasteiger charge is -2.05. The van der Waals surface area contributed by atoms with Crippen molar-refractivity contribution in [1.29, 1.82) is 0 Å². The normalized spacial score (nSPS) is 11.9. The van der Waals surface area contributed by atoms with Gasteiger partial charge in [-0.05, 0) is 33.6 Å². The second kappa shape index (κ2) is 8.51. The van der Waals surface area contributed by atoms with Crippen LogP contribution in [0.4, 0.5) is 0 Å². The average molecular weight is 212 g/mol. The quantitative estimate of drug-likeness (QED) is 0.364. The van der Waals surface area contributed by atoms with Crippen molar-refractivity contribution >= 4 is 5.97 Å². The van der Waals surface area contributed by atoms with E-state index in [1.165, 1.54) is 25.7 Å². The van der Waals surface area contributed by atoms with Gasteiger partial charge in [0, 0.05) is 6.08 Å². The number of carbonyl (C=O) groups is 1. The van der Waals surface area contributed by atoms with E-state index in [-0.39, 0.29) is 12.1 Å². The van der Waals surface area contributed by atoms with Gasteiger partial charge >= 0.3 is 5.97 Å². The molecule has 0 aromatic carbocycles. The number of hydrogen-bond acceptors (Lipinski definition) is 2. The maximum absolute atomic E-state index is 11.3. The van der Waals surface area contributed by atoms with Crippen LogP contribution in [0.15, 0.2) is 11.6 Å². The molecular formula is C13H24O2. The number of esters is 1. The molecule has 0 saturated carbocycles. The van der Waals surface area contributed by atoms with Crippen LogP contribution < -0.4 is 0 Å². The van der Waals surface area contributed by atoms with Crippen LogP contribution in [0.3, 0.4) is 0 Å². The van der Waals surface area contributed by atoms with E-state index in [0.29, 0.717) is 0 Å². The summed E-state index contributed by atoms with van der Waals surface area (Å²) in [5, 5.41) is 0. The minimum Gasteiger partial charge on any atom is -0.460 e. The van der Waals surface area contributed by atoms with Gasteiger partial charge in [0.1, 0.15) is 0 Å². The summed E-state index contributed by atoms with van der Waals surface area (Å²) >= 11 is 0. The van der Waals surface area contributed by atoms with E-state index in [4.69, 9.17) is 4.74 Å². The van der Waals surface area contributed by atoms with E-state index in [1.54, 1.807) is 6.08 Å². The van der Waals surface area contributed by atoms with Crippen LogP contribution in [0.2, 0.25) is 0 Å². The van der Waals surface area contributed by atoms with Crippen LogP contribution in [-0.4, -0.2) is 12.1 Å². The van der Waals surface area contributed by atoms with Gasteiger partial charge in [0.25, 0.3) is 0 Å². The molecule has 0 saturated heterocycles. The zero-order valence-electron chi connectivity index (χ0n) is 10.5. The first-order valence-electron chi connectivity index (χ1n) is 5.94. The maximum atomic E-state index is 11.3. The van der Waals surface area contributed by atoms with Crippen molar-refractivity contribution in [2.24, 2.45) is 0 Å². The first-order chi connectivity index (χ1) is 7.06. The van der Waals surface area contributed by atoms with Crippen LogP contribution in [0.1, 0.15) is 59.8 Å². The molecule has 0 unspecified atom stereocenters. The topological polar surface area (TPSA) is 26.3 Å². The number of carbonyl (C=O) groups excluding carboxylic acids is 1. The fourth-order valence-electron chi connectivity index (χ4n) is 1.37. The molecule has 2 heteroatoms. The SMILES string of the molecule is CCCCCCC(C)=CC(=O)OC(C)C. The van der Waals surface area contributed by atoms with Gasteiger partial charge in [0.15, 0.2) is 0 Å². The van der Waals surface area contributed by atoms with Crippen molar-refractivity contribution in [3.05, 3.63) is 11.6 Å². The second-order valence-electron chi connectivity index (χ2n) is 4.29. The van der Waals surface area contributed by atoms with Crippen molar-refractivity contribution in [2.45, 2.75) is 65.9 Å². The van der Waals surface area contributed by atoms with Crippen molar-refractivity contribution in [1.82, 2.24) is 0 Å². The molecule has 0 N–H and O–H groups in total. The van der Waals surface area contributed by atoms with Gasteiger partial charge in [-0.3, -0.25) is 0 Å². The summed E-state index contributed by atoms with van der Waals surface area (Å²) in [6, 6.07) is 0. The molecular weight excluding hydrogens is 188 g/mol. The highest BCUT2D eigenvalue weighted by atomic mass is 16.5. The molecule has 2 nitrogen and oxygen atoms in total. The standard InChI is InChI=1S/C13H24O2/c1-5-6-7-8-9-12(4)10-13(14)15-11(2)3/h10-11H,5-9H2,1-4H3. The molecule has 0 rings (SSSR count). The summed E-state index contributed by atoms with van der Waals surface area (Å²) in [5.74, 6) is -0.210. The number of ether oxygens (including phenoxy) is 1. The van der Waals surface area contributed by atoms with Gasteiger partial charge in [-0.1, -0.05) is 31.8 Å². The summed E-state index contributed by atoms with van der Waals surface area (Å²) in [7, 11) is 0. The van der Waals surface area contributed by atoms with E-state index < -0.39 is 0 Å². The lowest BCUT2D eigenvalue weighted by Crippen LogP contribution is -2.08. The van der Waals surface area contributed by atoms with E-state index in [0.717, 1.165) is 12.0 Å². The zero-order valence-corrected chi connectivity index (χ0v) is 10.5. The highest BCUT2D eigenvalue weighted by Gasteiger charge is 2.01. The lowest BCUT2D eigenvalue weighted by molar-refractivity contribution is -0.141. The molecule has 0 bridgehead atoms. The number of hydrogen-bond donors (Lipinski definition) is 0. The van der Waals surface area contributed by atoms with E-state index in [9.17, 15) is 4.79 Å². The largest absolute Gasteiger partial charge is 0.460 e. The predicted octanol–water partition coefficient (Wildman–Crippen LogP) is 3.85. The zero-order chi connectivity index (χ0) is 11.7. The van der Waals surface area contributed by atoms with Crippen molar-refractivity contribution in [3.63, 3.8) is 0 Å². The van der Waals surface area contributed by atoms with Gasteiger partial charge in [-0.25, -0.2) is 4.79 Å². The Hall–Kier alpha value is -0.790. The first-order valence-corrected chi connectivity index (χ1v) is 5.94. The summed E-state index contributed by atoms with van der Waals surface area (Å²) < 4.78 is 5.03. The van der Waals surface area contributed by atoms with Crippen molar-refractivity contribution in [2.75, 3.05) is 0 Å². The Morgan fingerprint density at radius 2 is 1.93 bits per heavy atom. The molecule has 15 heavy (non-hydrogen) atoms. The Labute approximate surface area is 93.7 Å². The van der Waals surface area contributed by atoms with Gasteiger partial charge < -0.3 is 4.74 Å². The summed E-state index contributed by atoms with van der Waals surface area (Å²) in [5.41, 5.74) is 1.12. The van der Waals surface area contributed by atoms with Gasteiger partial charge in [0.2, 0.25) is 0 Å². The molecule has 0 aromatic rings. The molecule has 0 heterocycles. The van der Waals surface area contributed by atoms with Crippen molar-refractivity contribution in [3.8, 4) is 0 Å². The molecule has 0 aromatic heterocycles. The molecule has 0 spiro atoms. The third kappa shape index (κ3) is 9.51. The van der Waals surface area contributed by atoms with Gasteiger partial charge in [-0.15, -0.1) is 0 Å². The van der Waals surface area contributed by atoms with Crippen LogP contribution in [0.25, 0.3) is 0 Å². The molecule has 0 aliphatic rings. The molecule has 88 valence electrons. The molecule has 0 fully saturated rings. The molecule has 0 atom stereocenters. The second-order valence-corrected chi connectivity index (χ2v) is 4.29. The molecule has 0 aliphatic heterocycles. The van der Waals surface area contributed by atoms with Crippen LogP contribution in [0, 0.1) is 0 Å². The van der Waals surface area contributed by atoms with Crippen LogP contribution in [-0.2, 0) is 9.53 Å². The molecule has 0 amide bonds. The van der Waals surface area contributed by atoms with Crippen LogP contribution in [0.5, 0.6) is 0 Å². The summed E-state index contributed by atoms with van der Waals surface area (Å²) in [6.07, 6.45) is 7.55. The predicted molar refractivity (Wildman–Crippen MR) is 63.7 cm³/mol. The smallest absolute Gasteiger partial charge is 0.330 e. The Balaban J connectivity index is 3.72. The molecule has 0 aliphatic carbocycles. The fraction of sp³-hybridized carbons (Fsp3) is 0.769.